The molecule has 0 unspecified atom stereocenters. The van der Waals surface area contributed by atoms with Crippen LogP contribution in [0, 0.1) is 11.3 Å². The highest BCUT2D eigenvalue weighted by Gasteiger charge is 2.22. The van der Waals surface area contributed by atoms with E-state index in [0.717, 1.165) is 0 Å². The lowest BCUT2D eigenvalue weighted by atomic mass is 10.2. The highest BCUT2D eigenvalue weighted by molar-refractivity contribution is 7.87. The fourth-order valence-corrected chi connectivity index (χ4v) is 3.16. The third-order valence-electron chi connectivity index (χ3n) is 2.68. The Hall–Kier alpha value is -2.23. The quantitative estimate of drug-likeness (QED) is 0.782. The highest BCUT2D eigenvalue weighted by Crippen LogP contribution is 2.32. The highest BCUT2D eigenvalue weighted by atomic mass is 35.5. The van der Waals surface area contributed by atoms with Crippen LogP contribution in [0.25, 0.3) is 0 Å². The van der Waals surface area contributed by atoms with E-state index in [1.165, 1.54) is 30.3 Å². The van der Waals surface area contributed by atoms with E-state index in [0.29, 0.717) is 12.2 Å². The van der Waals surface area contributed by atoms with Gasteiger partial charge in [-0.1, -0.05) is 23.7 Å². The minimum absolute atomic E-state index is 0.000713. The van der Waals surface area contributed by atoms with E-state index < -0.39 is 10.1 Å². The first-order valence-corrected chi connectivity index (χ1v) is 8.12. The zero-order valence-corrected chi connectivity index (χ0v) is 13.2. The number of nitrogens with zero attached hydrogens (tertiary/aromatic N) is 1. The molecule has 0 aromatic heterocycles. The molecule has 0 bridgehead atoms. The van der Waals surface area contributed by atoms with Crippen LogP contribution in [-0.4, -0.2) is 15.0 Å². The minimum Gasteiger partial charge on any atom is -0.490 e. The van der Waals surface area contributed by atoms with E-state index in [2.05, 4.69) is 0 Å². The molecule has 0 amide bonds. The number of nitriles is 1. The second-order valence-corrected chi connectivity index (χ2v) is 6.10. The molecule has 0 radical (unpaired) electrons. The third-order valence-corrected chi connectivity index (χ3v) is 4.41. The van der Waals surface area contributed by atoms with Gasteiger partial charge in [-0.15, -0.1) is 0 Å². The summed E-state index contributed by atoms with van der Waals surface area (Å²) < 4.78 is 35.0. The molecule has 0 aliphatic rings. The van der Waals surface area contributed by atoms with Crippen LogP contribution in [0.5, 0.6) is 11.5 Å². The first-order valence-electron chi connectivity index (χ1n) is 6.34. The fraction of sp³-hybridized carbons (Fsp3) is 0.133. The van der Waals surface area contributed by atoms with Crippen molar-refractivity contribution < 1.29 is 17.3 Å². The van der Waals surface area contributed by atoms with Gasteiger partial charge in [0.15, 0.2) is 11.5 Å². The number of halogens is 1. The van der Waals surface area contributed by atoms with Crippen LogP contribution in [0.4, 0.5) is 0 Å². The Morgan fingerprint density at radius 1 is 1.18 bits per heavy atom. The topological polar surface area (TPSA) is 76.4 Å². The first kappa shape index (κ1) is 16.1. The Bertz CT molecular complexity index is 828. The number of hydrogen-bond donors (Lipinski definition) is 0. The van der Waals surface area contributed by atoms with Gasteiger partial charge in [-0.25, -0.2) is 0 Å². The van der Waals surface area contributed by atoms with Crippen molar-refractivity contribution in [3.05, 3.63) is 53.1 Å². The maximum Gasteiger partial charge on any atom is 0.340 e. The van der Waals surface area contributed by atoms with E-state index in [1.807, 2.05) is 6.07 Å². The predicted octanol–water partition coefficient (Wildman–Crippen LogP) is 3.38. The molecule has 0 heterocycles. The molecule has 2 aromatic rings. The number of ether oxygens (including phenoxy) is 1. The van der Waals surface area contributed by atoms with Gasteiger partial charge in [-0.3, -0.25) is 0 Å². The predicted molar refractivity (Wildman–Crippen MR) is 81.6 cm³/mol. The van der Waals surface area contributed by atoms with E-state index in [4.69, 9.17) is 25.8 Å². The molecule has 2 rings (SSSR count). The van der Waals surface area contributed by atoms with Gasteiger partial charge in [0, 0.05) is 6.07 Å². The summed E-state index contributed by atoms with van der Waals surface area (Å²) in [7, 11) is -4.10. The van der Waals surface area contributed by atoms with Gasteiger partial charge in [0.25, 0.3) is 0 Å². The van der Waals surface area contributed by atoms with Crippen LogP contribution in [0.3, 0.4) is 0 Å². The summed E-state index contributed by atoms with van der Waals surface area (Å²) in [5.74, 6) is 0.179. The van der Waals surface area contributed by atoms with Crippen LogP contribution in [-0.2, 0) is 10.1 Å². The zero-order valence-electron chi connectivity index (χ0n) is 11.6. The van der Waals surface area contributed by atoms with Crippen molar-refractivity contribution in [1.82, 2.24) is 0 Å². The van der Waals surface area contributed by atoms with Gasteiger partial charge >= 0.3 is 10.1 Å². The molecule has 0 saturated carbocycles. The summed E-state index contributed by atoms with van der Waals surface area (Å²) in [5.41, 5.74) is 0.339. The summed E-state index contributed by atoms with van der Waals surface area (Å²) in [6.45, 7) is 2.04. The Morgan fingerprint density at radius 3 is 2.55 bits per heavy atom. The molecule has 5 nitrogen and oxygen atoms in total. The third kappa shape index (κ3) is 3.50. The zero-order chi connectivity index (χ0) is 16.2. The molecule has 0 aliphatic carbocycles. The minimum atomic E-state index is -4.10. The molecule has 0 atom stereocenters. The lowest BCUT2D eigenvalue weighted by Gasteiger charge is -2.12. The van der Waals surface area contributed by atoms with Crippen molar-refractivity contribution in [1.29, 1.82) is 5.26 Å². The van der Waals surface area contributed by atoms with Gasteiger partial charge in [0.1, 0.15) is 4.90 Å². The molecular formula is C15H12ClNO4S. The van der Waals surface area contributed by atoms with Crippen LogP contribution >= 0.6 is 11.6 Å². The number of benzene rings is 2. The van der Waals surface area contributed by atoms with Crippen molar-refractivity contribution >= 4 is 21.7 Å². The Labute approximate surface area is 133 Å². The molecular weight excluding hydrogens is 326 g/mol. The SMILES string of the molecule is CCOc1cc(C#N)ccc1OS(=O)(=O)c1ccccc1Cl. The molecule has 2 aromatic carbocycles. The Kier molecular flexibility index (Phi) is 4.91. The van der Waals surface area contributed by atoms with Crippen LogP contribution in [0.2, 0.25) is 5.02 Å². The number of hydrogen-bond acceptors (Lipinski definition) is 5. The molecule has 0 spiro atoms. The lowest BCUT2D eigenvalue weighted by Crippen LogP contribution is -2.11. The largest absolute Gasteiger partial charge is 0.490 e. The molecule has 0 N–H and O–H groups in total. The fourth-order valence-electron chi connectivity index (χ4n) is 1.73. The smallest absolute Gasteiger partial charge is 0.340 e. The van der Waals surface area contributed by atoms with Crippen LogP contribution in [0.15, 0.2) is 47.4 Å². The normalized spacial score (nSPS) is 10.8. The van der Waals surface area contributed by atoms with E-state index in [9.17, 15) is 8.42 Å². The number of rotatable bonds is 5. The standard InChI is InChI=1S/C15H12ClNO4S/c1-2-20-14-9-11(10-17)7-8-13(14)21-22(18,19)15-6-4-3-5-12(15)16/h3-9H,2H2,1H3. The summed E-state index contributed by atoms with van der Waals surface area (Å²) in [6.07, 6.45) is 0. The summed E-state index contributed by atoms with van der Waals surface area (Å²) in [5, 5.41) is 8.95. The molecule has 114 valence electrons. The van der Waals surface area contributed by atoms with Gasteiger partial charge in [0.05, 0.1) is 23.3 Å². The van der Waals surface area contributed by atoms with Crippen molar-refractivity contribution in [2.24, 2.45) is 0 Å². The van der Waals surface area contributed by atoms with Gasteiger partial charge in [0.2, 0.25) is 0 Å². The summed E-state index contributed by atoms with van der Waals surface area (Å²) >= 11 is 5.89. The van der Waals surface area contributed by atoms with Crippen molar-refractivity contribution in [2.45, 2.75) is 11.8 Å². The average Bonchev–Trinajstić information content (AvgIpc) is 2.49. The van der Waals surface area contributed by atoms with E-state index in [-0.39, 0.29) is 21.4 Å². The van der Waals surface area contributed by atoms with E-state index >= 15 is 0 Å². The summed E-state index contributed by atoms with van der Waals surface area (Å²) in [4.78, 5) is -0.136. The maximum atomic E-state index is 12.3. The molecule has 22 heavy (non-hydrogen) atoms. The second-order valence-electron chi connectivity index (χ2n) is 4.17. The lowest BCUT2D eigenvalue weighted by molar-refractivity contribution is 0.327. The van der Waals surface area contributed by atoms with Crippen LogP contribution < -0.4 is 8.92 Å². The molecule has 7 heteroatoms. The molecule has 0 aliphatic heterocycles. The van der Waals surface area contributed by atoms with Gasteiger partial charge in [-0.05, 0) is 31.2 Å². The first-order chi connectivity index (χ1) is 10.5. The Morgan fingerprint density at radius 2 is 1.91 bits per heavy atom. The van der Waals surface area contributed by atoms with Gasteiger partial charge < -0.3 is 8.92 Å². The summed E-state index contributed by atoms with van der Waals surface area (Å²) in [6, 6.07) is 12.2. The van der Waals surface area contributed by atoms with Crippen molar-refractivity contribution in [3.63, 3.8) is 0 Å². The molecule has 0 fully saturated rings. The Balaban J connectivity index is 2.42. The van der Waals surface area contributed by atoms with Gasteiger partial charge in [-0.2, -0.15) is 13.7 Å². The molecule has 0 saturated heterocycles. The second kappa shape index (κ2) is 6.69. The van der Waals surface area contributed by atoms with Crippen molar-refractivity contribution in [3.8, 4) is 17.6 Å². The van der Waals surface area contributed by atoms with Crippen LogP contribution in [0.1, 0.15) is 12.5 Å². The van der Waals surface area contributed by atoms with E-state index in [1.54, 1.807) is 19.1 Å². The average molecular weight is 338 g/mol. The monoisotopic (exact) mass is 337 g/mol. The maximum absolute atomic E-state index is 12.3. The van der Waals surface area contributed by atoms with Crippen molar-refractivity contribution in [2.75, 3.05) is 6.61 Å².